The van der Waals surface area contributed by atoms with Gasteiger partial charge in [-0.25, -0.2) is 9.78 Å². The number of nitrogen functional groups attached to an aromatic ring is 1. The number of esters is 1. The predicted octanol–water partition coefficient (Wildman–Crippen LogP) is 0.181. The molecule has 8 heteroatoms. The van der Waals surface area contributed by atoms with Crippen molar-refractivity contribution in [2.45, 2.75) is 6.54 Å². The van der Waals surface area contributed by atoms with E-state index < -0.39 is 5.97 Å². The van der Waals surface area contributed by atoms with Gasteiger partial charge in [0.15, 0.2) is 5.69 Å². The van der Waals surface area contributed by atoms with E-state index in [1.807, 2.05) is 0 Å². The van der Waals surface area contributed by atoms with Crippen LogP contribution in [0.4, 0.5) is 11.6 Å². The maximum atomic E-state index is 11.3. The second kappa shape index (κ2) is 5.13. The lowest BCUT2D eigenvalue weighted by molar-refractivity contribution is 0.0593. The molecule has 0 radical (unpaired) electrons. The second-order valence-corrected chi connectivity index (χ2v) is 3.44. The third kappa shape index (κ3) is 2.54. The van der Waals surface area contributed by atoms with Crippen molar-refractivity contribution in [3.8, 4) is 0 Å². The van der Waals surface area contributed by atoms with Gasteiger partial charge in [0, 0.05) is 12.1 Å². The van der Waals surface area contributed by atoms with Crippen molar-refractivity contribution in [3.05, 3.63) is 29.8 Å². The summed E-state index contributed by atoms with van der Waals surface area (Å²) in [6, 6.07) is 0. The summed E-state index contributed by atoms with van der Waals surface area (Å²) < 4.78 is 4.56. The maximum absolute atomic E-state index is 11.3. The molecule has 2 heterocycles. The number of aromatic amines is 1. The van der Waals surface area contributed by atoms with Crippen molar-refractivity contribution in [1.29, 1.82) is 0 Å². The Balaban J connectivity index is 2.06. The van der Waals surface area contributed by atoms with Crippen LogP contribution in [0.1, 0.15) is 16.1 Å². The van der Waals surface area contributed by atoms with E-state index in [2.05, 4.69) is 30.2 Å². The van der Waals surface area contributed by atoms with Crippen LogP contribution >= 0.6 is 0 Å². The summed E-state index contributed by atoms with van der Waals surface area (Å²) in [5.74, 6) is 0.409. The molecule has 2 rings (SSSR count). The number of rotatable bonds is 4. The first-order valence-corrected chi connectivity index (χ1v) is 5.12. The zero-order valence-corrected chi connectivity index (χ0v) is 9.67. The summed E-state index contributed by atoms with van der Waals surface area (Å²) in [5.41, 5.74) is 6.58. The fraction of sp³-hybridized carbons (Fsp3) is 0.200. The molecule has 94 valence electrons. The van der Waals surface area contributed by atoms with E-state index in [1.54, 1.807) is 6.20 Å². The van der Waals surface area contributed by atoms with E-state index in [1.165, 1.54) is 19.5 Å². The smallest absolute Gasteiger partial charge is 0.358 e. The summed E-state index contributed by atoms with van der Waals surface area (Å²) in [7, 11) is 1.29. The van der Waals surface area contributed by atoms with Crippen molar-refractivity contribution in [2.75, 3.05) is 18.2 Å². The lowest BCUT2D eigenvalue weighted by atomic mass is 10.3. The normalized spacial score (nSPS) is 10.1. The average Bonchev–Trinajstić information content (AvgIpc) is 2.81. The van der Waals surface area contributed by atoms with Crippen LogP contribution in [0, 0.1) is 0 Å². The second-order valence-electron chi connectivity index (χ2n) is 3.44. The van der Waals surface area contributed by atoms with Gasteiger partial charge < -0.3 is 15.8 Å². The molecule has 0 aliphatic heterocycles. The lowest BCUT2D eigenvalue weighted by Crippen LogP contribution is -2.09. The molecular weight excluding hydrogens is 236 g/mol. The maximum Gasteiger partial charge on any atom is 0.358 e. The monoisotopic (exact) mass is 248 g/mol. The van der Waals surface area contributed by atoms with Crippen molar-refractivity contribution < 1.29 is 9.53 Å². The highest BCUT2D eigenvalue weighted by molar-refractivity contribution is 5.87. The number of carbonyl (C=O) groups excluding carboxylic acids is 1. The first-order valence-electron chi connectivity index (χ1n) is 5.12. The molecule has 0 fully saturated rings. The van der Waals surface area contributed by atoms with E-state index in [9.17, 15) is 4.79 Å². The minimum atomic E-state index is -0.533. The van der Waals surface area contributed by atoms with Gasteiger partial charge in [-0.1, -0.05) is 0 Å². The molecule has 0 atom stereocenters. The largest absolute Gasteiger partial charge is 0.464 e. The minimum absolute atomic E-state index is 0.141. The topological polar surface area (TPSA) is 119 Å². The van der Waals surface area contributed by atoms with Crippen LogP contribution in [-0.2, 0) is 11.3 Å². The number of hydrogen-bond donors (Lipinski definition) is 3. The Kier molecular flexibility index (Phi) is 3.37. The van der Waals surface area contributed by atoms with Gasteiger partial charge in [0.05, 0.1) is 25.7 Å². The van der Waals surface area contributed by atoms with Crippen molar-refractivity contribution >= 4 is 17.6 Å². The molecule has 0 amide bonds. The molecule has 0 spiro atoms. The molecule has 0 aromatic carbocycles. The summed E-state index contributed by atoms with van der Waals surface area (Å²) in [6.45, 7) is 0.432. The summed E-state index contributed by atoms with van der Waals surface area (Å²) in [6.07, 6.45) is 4.45. The van der Waals surface area contributed by atoms with Crippen LogP contribution in [-0.4, -0.2) is 33.2 Å². The molecule has 4 N–H and O–H groups in total. The Labute approximate surface area is 103 Å². The molecular formula is C10H12N6O2. The van der Waals surface area contributed by atoms with Crippen molar-refractivity contribution in [2.24, 2.45) is 0 Å². The van der Waals surface area contributed by atoms with E-state index in [0.29, 0.717) is 18.2 Å². The van der Waals surface area contributed by atoms with Gasteiger partial charge >= 0.3 is 5.97 Å². The van der Waals surface area contributed by atoms with Crippen LogP contribution in [0.3, 0.4) is 0 Å². The molecule has 18 heavy (non-hydrogen) atoms. The number of aromatic nitrogens is 4. The molecule has 0 bridgehead atoms. The number of nitrogens with zero attached hydrogens (tertiary/aromatic N) is 3. The Hall–Kier alpha value is -2.64. The van der Waals surface area contributed by atoms with E-state index in [0.717, 1.165) is 5.56 Å². The summed E-state index contributed by atoms with van der Waals surface area (Å²) in [4.78, 5) is 19.2. The Morgan fingerprint density at radius 3 is 3.00 bits per heavy atom. The Bertz CT molecular complexity index is 553. The number of H-pyrrole nitrogens is 1. The average molecular weight is 248 g/mol. The minimum Gasteiger partial charge on any atom is -0.464 e. The van der Waals surface area contributed by atoms with Gasteiger partial charge in [0.25, 0.3) is 0 Å². The first-order chi connectivity index (χ1) is 8.70. The zero-order chi connectivity index (χ0) is 13.0. The third-order valence-corrected chi connectivity index (χ3v) is 2.24. The number of carbonyl (C=O) groups is 1. The van der Waals surface area contributed by atoms with Gasteiger partial charge in [-0.15, -0.1) is 0 Å². The molecule has 2 aromatic heterocycles. The highest BCUT2D eigenvalue weighted by atomic mass is 16.5. The number of hydrogen-bond acceptors (Lipinski definition) is 7. The Morgan fingerprint density at radius 1 is 1.50 bits per heavy atom. The summed E-state index contributed by atoms with van der Waals surface area (Å²) >= 11 is 0. The molecule has 0 saturated carbocycles. The van der Waals surface area contributed by atoms with E-state index in [4.69, 9.17) is 5.73 Å². The fourth-order valence-corrected chi connectivity index (χ4v) is 1.30. The number of anilines is 2. The molecule has 0 saturated heterocycles. The van der Waals surface area contributed by atoms with Crippen molar-refractivity contribution in [3.63, 3.8) is 0 Å². The predicted molar refractivity (Wildman–Crippen MR) is 63.7 cm³/mol. The van der Waals surface area contributed by atoms with Crippen LogP contribution in [0.25, 0.3) is 0 Å². The number of ether oxygens (including phenoxy) is 1. The van der Waals surface area contributed by atoms with Gasteiger partial charge in [0.2, 0.25) is 0 Å². The zero-order valence-electron chi connectivity index (χ0n) is 9.67. The van der Waals surface area contributed by atoms with Gasteiger partial charge in [-0.3, -0.25) is 10.1 Å². The standard InChI is InChI=1S/C10H12N6O2/c1-18-10(17)7-4-12-5-8(15-7)13-2-6-3-14-16-9(6)11/h3-5H,2H2,1H3,(H,13,15)(H3,11,14,16). The highest BCUT2D eigenvalue weighted by Crippen LogP contribution is 2.09. The fourth-order valence-electron chi connectivity index (χ4n) is 1.30. The molecule has 0 aliphatic rings. The van der Waals surface area contributed by atoms with Gasteiger partial charge in [0.1, 0.15) is 11.6 Å². The summed E-state index contributed by atoms with van der Waals surface area (Å²) in [5, 5.41) is 9.40. The third-order valence-electron chi connectivity index (χ3n) is 2.24. The van der Waals surface area contributed by atoms with Gasteiger partial charge in [-0.05, 0) is 0 Å². The lowest BCUT2D eigenvalue weighted by Gasteiger charge is -2.05. The van der Waals surface area contributed by atoms with Crippen LogP contribution in [0.5, 0.6) is 0 Å². The van der Waals surface area contributed by atoms with Crippen LogP contribution in [0.2, 0.25) is 0 Å². The van der Waals surface area contributed by atoms with E-state index >= 15 is 0 Å². The SMILES string of the molecule is COC(=O)c1cncc(NCc2cn[nH]c2N)n1. The molecule has 8 nitrogen and oxygen atoms in total. The molecule has 2 aromatic rings. The first kappa shape index (κ1) is 11.8. The number of nitrogens with two attached hydrogens (primary N) is 1. The van der Waals surface area contributed by atoms with Gasteiger partial charge in [-0.2, -0.15) is 5.10 Å². The Morgan fingerprint density at radius 2 is 2.33 bits per heavy atom. The van der Waals surface area contributed by atoms with Crippen molar-refractivity contribution in [1.82, 2.24) is 20.2 Å². The highest BCUT2D eigenvalue weighted by Gasteiger charge is 2.08. The van der Waals surface area contributed by atoms with E-state index in [-0.39, 0.29) is 5.69 Å². The number of methoxy groups -OCH3 is 1. The molecule has 0 unspecified atom stereocenters. The molecule has 0 aliphatic carbocycles. The van der Waals surface area contributed by atoms with Crippen LogP contribution < -0.4 is 11.1 Å². The van der Waals surface area contributed by atoms with Crippen LogP contribution in [0.15, 0.2) is 18.6 Å². The quantitative estimate of drug-likeness (QED) is 0.660. The number of nitrogens with one attached hydrogen (secondary N) is 2.